The molecule has 3 aliphatic rings. The molecule has 5 heterocycles. The maximum Gasteiger partial charge on any atom is 0.156 e. The van der Waals surface area contributed by atoms with Gasteiger partial charge in [-0.15, -0.1) is 0 Å². The number of hydrogen-bond acceptors (Lipinski definition) is 9. The number of nitrogens with zero attached hydrogens (tertiary/aromatic N) is 5. The van der Waals surface area contributed by atoms with Crippen molar-refractivity contribution in [1.82, 2.24) is 24.4 Å². The van der Waals surface area contributed by atoms with Crippen LogP contribution < -0.4 is 5.73 Å². The third kappa shape index (κ3) is 6.87. The highest BCUT2D eigenvalue weighted by Crippen LogP contribution is 2.35. The molecule has 10 heteroatoms. The summed E-state index contributed by atoms with van der Waals surface area (Å²) in [5.41, 5.74) is 7.92. The molecule has 2 aromatic heterocycles. The van der Waals surface area contributed by atoms with E-state index in [2.05, 4.69) is 25.9 Å². The summed E-state index contributed by atoms with van der Waals surface area (Å²) in [5, 5.41) is 20.5. The Balaban J connectivity index is 0.000000499. The van der Waals surface area contributed by atoms with Crippen molar-refractivity contribution in [2.24, 2.45) is 0 Å². The minimum Gasteiger partial charge on any atom is -0.382 e. The van der Waals surface area contributed by atoms with E-state index in [0.29, 0.717) is 18.0 Å². The van der Waals surface area contributed by atoms with Gasteiger partial charge >= 0.3 is 0 Å². The van der Waals surface area contributed by atoms with Crippen molar-refractivity contribution in [3.63, 3.8) is 0 Å². The minimum absolute atomic E-state index is 0.0891. The molecule has 0 spiro atoms. The van der Waals surface area contributed by atoms with Crippen LogP contribution in [-0.4, -0.2) is 98.5 Å². The Labute approximate surface area is 201 Å². The molecular formula is C24H40N6O4. The first-order chi connectivity index (χ1) is 16.3. The minimum atomic E-state index is -1.50. The highest BCUT2D eigenvalue weighted by Gasteiger charge is 2.33. The molecule has 5 rings (SSSR count). The monoisotopic (exact) mass is 476 g/mol. The Morgan fingerprint density at radius 1 is 1.12 bits per heavy atom. The Morgan fingerprint density at radius 2 is 1.88 bits per heavy atom. The molecule has 10 nitrogen and oxygen atoms in total. The molecule has 2 aromatic rings. The molecule has 0 radical (unpaired) electrons. The fraction of sp³-hybridized carbons (Fsp3) is 0.750. The number of nitrogens with two attached hydrogens (primary N) is 1. The predicted octanol–water partition coefficient (Wildman–Crippen LogP) is 1.43. The Kier molecular flexibility index (Phi) is 8.39. The first kappa shape index (κ1) is 25.3. The zero-order valence-electron chi connectivity index (χ0n) is 20.5. The van der Waals surface area contributed by atoms with E-state index < -0.39 is 5.79 Å². The van der Waals surface area contributed by atoms with E-state index in [1.54, 1.807) is 0 Å². The van der Waals surface area contributed by atoms with Crippen LogP contribution >= 0.6 is 0 Å². The SMILES string of the molecule is CC(C)(O)O.Nc1ncnn2c([C@H]3CC[C@@H](CN4CCC[C@H]4CCN4CCOCC4)O3)ccc12. The lowest BCUT2D eigenvalue weighted by Crippen LogP contribution is -2.41. The van der Waals surface area contributed by atoms with Crippen molar-refractivity contribution in [3.8, 4) is 0 Å². The van der Waals surface area contributed by atoms with Crippen molar-refractivity contribution >= 4 is 11.3 Å². The number of hydrogen-bond donors (Lipinski definition) is 3. The first-order valence-corrected chi connectivity index (χ1v) is 12.5. The topological polar surface area (TPSA) is 122 Å². The van der Waals surface area contributed by atoms with Gasteiger partial charge in [-0.25, -0.2) is 9.50 Å². The van der Waals surface area contributed by atoms with Crippen molar-refractivity contribution in [2.75, 3.05) is 51.7 Å². The Hall–Kier alpha value is -1.82. The predicted molar refractivity (Wildman–Crippen MR) is 129 cm³/mol. The summed E-state index contributed by atoms with van der Waals surface area (Å²) in [7, 11) is 0. The maximum absolute atomic E-state index is 8.08. The lowest BCUT2D eigenvalue weighted by atomic mass is 10.1. The quantitative estimate of drug-likeness (QED) is 0.532. The molecule has 34 heavy (non-hydrogen) atoms. The van der Waals surface area contributed by atoms with Gasteiger partial charge in [-0.3, -0.25) is 9.80 Å². The number of likely N-dealkylation sites (tertiary alicyclic amines) is 1. The Bertz CT molecular complexity index is 904. The van der Waals surface area contributed by atoms with E-state index in [4.69, 9.17) is 25.4 Å². The van der Waals surface area contributed by atoms with Gasteiger partial charge < -0.3 is 25.4 Å². The van der Waals surface area contributed by atoms with Gasteiger partial charge in [0, 0.05) is 25.7 Å². The highest BCUT2D eigenvalue weighted by atomic mass is 16.5. The number of ether oxygens (including phenoxy) is 2. The smallest absolute Gasteiger partial charge is 0.156 e. The van der Waals surface area contributed by atoms with Gasteiger partial charge in [0.25, 0.3) is 0 Å². The number of anilines is 1. The summed E-state index contributed by atoms with van der Waals surface area (Å²) in [6.45, 7) is 9.98. The van der Waals surface area contributed by atoms with Gasteiger partial charge in [-0.05, 0) is 71.2 Å². The molecule has 3 fully saturated rings. The van der Waals surface area contributed by atoms with Crippen molar-refractivity contribution in [1.29, 1.82) is 0 Å². The highest BCUT2D eigenvalue weighted by molar-refractivity contribution is 5.65. The van der Waals surface area contributed by atoms with Crippen LogP contribution in [0, 0.1) is 0 Å². The van der Waals surface area contributed by atoms with Crippen LogP contribution in [0.3, 0.4) is 0 Å². The van der Waals surface area contributed by atoms with Crippen LogP contribution in [0.2, 0.25) is 0 Å². The number of aliphatic hydroxyl groups is 2. The molecule has 3 aliphatic heterocycles. The molecule has 190 valence electrons. The number of rotatable bonds is 6. The summed E-state index contributed by atoms with van der Waals surface area (Å²) >= 11 is 0. The maximum atomic E-state index is 8.08. The van der Waals surface area contributed by atoms with Gasteiger partial charge in [-0.1, -0.05) is 0 Å². The molecule has 3 atom stereocenters. The average molecular weight is 477 g/mol. The second-order valence-electron chi connectivity index (χ2n) is 10.1. The van der Waals surface area contributed by atoms with Gasteiger partial charge in [0.05, 0.1) is 25.0 Å². The first-order valence-electron chi connectivity index (χ1n) is 12.5. The van der Waals surface area contributed by atoms with E-state index in [1.165, 1.54) is 52.5 Å². The van der Waals surface area contributed by atoms with E-state index in [-0.39, 0.29) is 6.10 Å². The molecular weight excluding hydrogens is 436 g/mol. The largest absolute Gasteiger partial charge is 0.382 e. The lowest BCUT2D eigenvalue weighted by Gasteiger charge is -2.31. The number of nitrogen functional groups attached to an aromatic ring is 1. The van der Waals surface area contributed by atoms with Crippen molar-refractivity contribution in [2.45, 2.75) is 70.0 Å². The van der Waals surface area contributed by atoms with Gasteiger partial charge in [-0.2, -0.15) is 5.10 Å². The summed E-state index contributed by atoms with van der Waals surface area (Å²) in [6.07, 6.45) is 7.93. The molecule has 0 bridgehead atoms. The van der Waals surface area contributed by atoms with Crippen LogP contribution in [0.4, 0.5) is 5.82 Å². The molecule has 0 amide bonds. The third-order valence-electron chi connectivity index (χ3n) is 6.77. The second-order valence-corrected chi connectivity index (χ2v) is 10.1. The van der Waals surface area contributed by atoms with Crippen molar-refractivity contribution in [3.05, 3.63) is 24.2 Å². The lowest BCUT2D eigenvalue weighted by molar-refractivity contribution is -0.127. The van der Waals surface area contributed by atoms with Crippen LogP contribution in [0.5, 0.6) is 0 Å². The normalized spacial score (nSPS) is 26.6. The van der Waals surface area contributed by atoms with E-state index in [1.807, 2.05) is 10.6 Å². The Morgan fingerprint density at radius 3 is 2.65 bits per heavy atom. The number of morpholine rings is 1. The van der Waals surface area contributed by atoms with Crippen LogP contribution in [0.15, 0.2) is 18.5 Å². The molecule has 0 aromatic carbocycles. The summed E-state index contributed by atoms with van der Waals surface area (Å²) in [6, 6.07) is 4.76. The van der Waals surface area contributed by atoms with Gasteiger partial charge in [0.2, 0.25) is 0 Å². The summed E-state index contributed by atoms with van der Waals surface area (Å²) in [5.74, 6) is -0.985. The molecule has 0 saturated carbocycles. The fourth-order valence-electron chi connectivity index (χ4n) is 5.15. The second kappa shape index (κ2) is 11.3. The van der Waals surface area contributed by atoms with Gasteiger partial charge in [0.1, 0.15) is 17.9 Å². The van der Waals surface area contributed by atoms with Crippen LogP contribution in [0.1, 0.15) is 57.7 Å². The molecule has 0 aliphatic carbocycles. The van der Waals surface area contributed by atoms with Crippen LogP contribution in [0.25, 0.3) is 5.52 Å². The zero-order chi connectivity index (χ0) is 24.1. The van der Waals surface area contributed by atoms with Crippen molar-refractivity contribution < 1.29 is 19.7 Å². The van der Waals surface area contributed by atoms with E-state index in [9.17, 15) is 0 Å². The van der Waals surface area contributed by atoms with E-state index in [0.717, 1.165) is 56.9 Å². The average Bonchev–Trinajstić information content (AvgIpc) is 3.52. The number of fused-ring (bicyclic) bond motifs is 1. The summed E-state index contributed by atoms with van der Waals surface area (Å²) < 4.78 is 13.8. The molecule has 4 N–H and O–H groups in total. The number of aromatic nitrogens is 3. The fourth-order valence-corrected chi connectivity index (χ4v) is 5.15. The summed E-state index contributed by atoms with van der Waals surface area (Å²) in [4.78, 5) is 9.30. The van der Waals surface area contributed by atoms with Gasteiger partial charge in [0.15, 0.2) is 11.6 Å². The third-order valence-corrected chi connectivity index (χ3v) is 6.77. The standard InChI is InChI=1S/C21H32N6O2.C3H8O2/c22-21-19-5-4-18(27(19)24-15-23-21)20-6-3-17(29-20)14-26-8-1-2-16(26)7-9-25-10-12-28-13-11-25;1-3(2,4)5/h4-5,15-17,20H,1-3,6-14H2,(H2,22,23,24);4-5H,1-2H3/t16-,17-,20+;/m0./s1. The zero-order valence-corrected chi connectivity index (χ0v) is 20.5. The molecule has 0 unspecified atom stereocenters. The van der Waals surface area contributed by atoms with Crippen LogP contribution in [-0.2, 0) is 9.47 Å². The van der Waals surface area contributed by atoms with E-state index >= 15 is 0 Å². The molecule has 3 saturated heterocycles.